The third kappa shape index (κ3) is 7.15. The number of oxime groups is 1. The normalized spacial score (nSPS) is 14.4. The van der Waals surface area contributed by atoms with Gasteiger partial charge in [-0.1, -0.05) is 55.4 Å². The molecule has 0 bridgehead atoms. The van der Waals surface area contributed by atoms with Gasteiger partial charge in [-0.2, -0.15) is 0 Å². The third-order valence-electron chi connectivity index (χ3n) is 5.58. The number of benzene rings is 1. The zero-order valence-electron chi connectivity index (χ0n) is 21.5. The number of hydrogen-bond acceptors (Lipinski definition) is 9. The lowest BCUT2D eigenvalue weighted by Crippen LogP contribution is -2.36. The van der Waals surface area contributed by atoms with E-state index in [0.717, 1.165) is 5.56 Å². The summed E-state index contributed by atoms with van der Waals surface area (Å²) in [6.45, 7) is 7.71. The van der Waals surface area contributed by atoms with Crippen LogP contribution in [0.1, 0.15) is 44.8 Å². The third-order valence-corrected chi connectivity index (χ3v) is 5.58. The number of nitrogens with one attached hydrogen (secondary N) is 1. The van der Waals surface area contributed by atoms with Crippen molar-refractivity contribution in [2.24, 2.45) is 24.0 Å². The molecule has 36 heavy (non-hydrogen) atoms. The maximum atomic E-state index is 12.9. The minimum absolute atomic E-state index is 0.0130. The van der Waals surface area contributed by atoms with Crippen molar-refractivity contribution in [3.8, 4) is 0 Å². The lowest BCUT2D eigenvalue weighted by Gasteiger charge is -2.28. The molecule has 2 aromatic heterocycles. The summed E-state index contributed by atoms with van der Waals surface area (Å²) in [5.41, 5.74) is 1.90. The number of hydrogen-bond donors (Lipinski definition) is 1. The zero-order valence-corrected chi connectivity index (χ0v) is 21.5. The Bertz CT molecular complexity index is 1150. The fourth-order valence-electron chi connectivity index (χ4n) is 3.42. The van der Waals surface area contributed by atoms with Crippen molar-refractivity contribution >= 4 is 17.4 Å². The van der Waals surface area contributed by atoms with E-state index in [-0.39, 0.29) is 30.5 Å². The standard InChI is InChI=1S/C25H33N7O4/c1-16(2)36-25(34-6)18(4)17(3)24(33)27-21-14-10-13-20(26-21)15-35-29-22(19-11-8-7-9-12-19)23-28-30-31-32(23)5/h7-14,16-18,25H,15H2,1-6H3,(H,26,27,33). The molecular weight excluding hydrogens is 462 g/mol. The van der Waals surface area contributed by atoms with Gasteiger partial charge in [-0.3, -0.25) is 4.79 Å². The Morgan fingerprint density at radius 1 is 1.08 bits per heavy atom. The highest BCUT2D eigenvalue weighted by Crippen LogP contribution is 2.21. The Hall–Kier alpha value is -3.70. The molecule has 3 unspecified atom stereocenters. The molecule has 1 aromatic carbocycles. The average molecular weight is 496 g/mol. The number of anilines is 1. The zero-order chi connectivity index (χ0) is 26.1. The van der Waals surface area contributed by atoms with Gasteiger partial charge in [-0.05, 0) is 36.4 Å². The van der Waals surface area contributed by atoms with Crippen LogP contribution < -0.4 is 5.32 Å². The van der Waals surface area contributed by atoms with Gasteiger partial charge in [-0.15, -0.1) is 5.10 Å². The van der Waals surface area contributed by atoms with E-state index < -0.39 is 6.29 Å². The Kier molecular flexibility index (Phi) is 9.60. The van der Waals surface area contributed by atoms with Crippen LogP contribution >= 0.6 is 0 Å². The van der Waals surface area contributed by atoms with Gasteiger partial charge in [-0.25, -0.2) is 9.67 Å². The lowest BCUT2D eigenvalue weighted by atomic mass is 9.94. The number of carbonyl (C=O) groups excluding carboxylic acids is 1. The van der Waals surface area contributed by atoms with Crippen LogP contribution in [-0.2, 0) is 32.8 Å². The summed E-state index contributed by atoms with van der Waals surface area (Å²) < 4.78 is 12.7. The molecule has 0 aliphatic rings. The molecule has 11 nitrogen and oxygen atoms in total. The second kappa shape index (κ2) is 12.8. The van der Waals surface area contributed by atoms with Gasteiger partial charge in [0, 0.05) is 31.6 Å². The van der Waals surface area contributed by atoms with Gasteiger partial charge >= 0.3 is 0 Å². The van der Waals surface area contributed by atoms with Gasteiger partial charge in [0.25, 0.3) is 0 Å². The number of methoxy groups -OCH3 is 1. The number of rotatable bonds is 12. The number of carbonyl (C=O) groups is 1. The molecule has 0 spiro atoms. The van der Waals surface area contributed by atoms with Crippen LogP contribution in [0.4, 0.5) is 5.82 Å². The van der Waals surface area contributed by atoms with Crippen molar-refractivity contribution in [2.45, 2.75) is 46.7 Å². The number of aromatic nitrogens is 5. The fourth-order valence-corrected chi connectivity index (χ4v) is 3.42. The molecule has 3 atom stereocenters. The monoisotopic (exact) mass is 495 g/mol. The van der Waals surface area contributed by atoms with Crippen LogP contribution in [0.2, 0.25) is 0 Å². The molecule has 192 valence electrons. The van der Waals surface area contributed by atoms with Gasteiger partial charge in [0.2, 0.25) is 11.7 Å². The van der Waals surface area contributed by atoms with Crippen molar-refractivity contribution in [1.29, 1.82) is 0 Å². The molecule has 0 fully saturated rings. The predicted octanol–water partition coefficient (Wildman–Crippen LogP) is 3.18. The van der Waals surface area contributed by atoms with Gasteiger partial charge in [0.15, 0.2) is 18.6 Å². The number of aryl methyl sites for hydroxylation is 1. The summed E-state index contributed by atoms with van der Waals surface area (Å²) in [4.78, 5) is 23.0. The van der Waals surface area contributed by atoms with Crippen LogP contribution in [0.5, 0.6) is 0 Å². The summed E-state index contributed by atoms with van der Waals surface area (Å²) in [6.07, 6.45) is -0.500. The highest BCUT2D eigenvalue weighted by Gasteiger charge is 2.29. The Morgan fingerprint density at radius 2 is 1.83 bits per heavy atom. The van der Waals surface area contributed by atoms with E-state index in [9.17, 15) is 4.79 Å². The van der Waals surface area contributed by atoms with E-state index in [1.807, 2.05) is 58.0 Å². The molecular formula is C25H33N7O4. The lowest BCUT2D eigenvalue weighted by molar-refractivity contribution is -0.182. The average Bonchev–Trinajstić information content (AvgIpc) is 3.30. The summed E-state index contributed by atoms with van der Waals surface area (Å²) >= 11 is 0. The largest absolute Gasteiger partial charge is 0.389 e. The van der Waals surface area contributed by atoms with Crippen LogP contribution in [0.3, 0.4) is 0 Å². The van der Waals surface area contributed by atoms with Crippen LogP contribution in [0.25, 0.3) is 0 Å². The topological polar surface area (TPSA) is 126 Å². The number of tetrazole rings is 1. The molecule has 0 radical (unpaired) electrons. The van der Waals surface area contributed by atoms with Crippen molar-refractivity contribution in [1.82, 2.24) is 25.2 Å². The second-order valence-electron chi connectivity index (χ2n) is 8.65. The molecule has 0 aliphatic heterocycles. The molecule has 11 heteroatoms. The van der Waals surface area contributed by atoms with E-state index in [1.54, 1.807) is 32.4 Å². The van der Waals surface area contributed by atoms with Gasteiger partial charge in [0.05, 0.1) is 11.8 Å². The SMILES string of the molecule is COC(OC(C)C)C(C)C(C)C(=O)Nc1cccc(CON=C(c2ccccc2)c2nnnn2C)n1. The first-order valence-corrected chi connectivity index (χ1v) is 11.7. The van der Waals surface area contributed by atoms with Crippen molar-refractivity contribution in [3.05, 3.63) is 65.6 Å². The van der Waals surface area contributed by atoms with E-state index in [1.165, 1.54) is 4.68 Å². The summed E-state index contributed by atoms with van der Waals surface area (Å²) in [7, 11) is 3.30. The maximum Gasteiger partial charge on any atom is 0.228 e. The van der Waals surface area contributed by atoms with Gasteiger partial charge in [0.1, 0.15) is 5.82 Å². The number of pyridine rings is 1. The molecule has 1 amide bonds. The minimum Gasteiger partial charge on any atom is -0.389 e. The quantitative estimate of drug-likeness (QED) is 0.231. The maximum absolute atomic E-state index is 12.9. The number of ether oxygens (including phenoxy) is 2. The Balaban J connectivity index is 1.67. The summed E-state index contributed by atoms with van der Waals surface area (Å²) in [5, 5.41) is 18.8. The van der Waals surface area contributed by atoms with Crippen molar-refractivity contribution < 1.29 is 19.1 Å². The fraction of sp³-hybridized carbons (Fsp3) is 0.440. The van der Waals surface area contributed by atoms with Crippen molar-refractivity contribution in [2.75, 3.05) is 12.4 Å². The van der Waals surface area contributed by atoms with E-state index in [4.69, 9.17) is 14.3 Å². The Morgan fingerprint density at radius 3 is 2.47 bits per heavy atom. The van der Waals surface area contributed by atoms with Crippen molar-refractivity contribution in [3.63, 3.8) is 0 Å². The molecule has 0 saturated heterocycles. The number of nitrogens with zero attached hydrogens (tertiary/aromatic N) is 6. The first-order chi connectivity index (χ1) is 17.3. The smallest absolute Gasteiger partial charge is 0.228 e. The van der Waals surface area contributed by atoms with Crippen LogP contribution in [-0.4, -0.2) is 56.3 Å². The molecule has 0 aliphatic carbocycles. The molecule has 3 rings (SSSR count). The van der Waals surface area contributed by atoms with E-state index in [2.05, 4.69) is 31.0 Å². The predicted molar refractivity (Wildman–Crippen MR) is 134 cm³/mol. The van der Waals surface area contributed by atoms with E-state index >= 15 is 0 Å². The second-order valence-corrected chi connectivity index (χ2v) is 8.65. The molecule has 2 heterocycles. The summed E-state index contributed by atoms with van der Waals surface area (Å²) in [6, 6.07) is 14.8. The first kappa shape index (κ1) is 26.9. The van der Waals surface area contributed by atoms with Crippen LogP contribution in [0, 0.1) is 11.8 Å². The van der Waals surface area contributed by atoms with Gasteiger partial charge < -0.3 is 19.6 Å². The molecule has 3 aromatic rings. The van der Waals surface area contributed by atoms with Crippen LogP contribution in [0.15, 0.2) is 53.7 Å². The first-order valence-electron chi connectivity index (χ1n) is 11.7. The molecule has 1 N–H and O–H groups in total. The summed E-state index contributed by atoms with van der Waals surface area (Å²) in [5.74, 6) is 0.178. The van der Waals surface area contributed by atoms with E-state index in [0.29, 0.717) is 23.0 Å². The minimum atomic E-state index is -0.487. The highest BCUT2D eigenvalue weighted by molar-refractivity contribution is 6.10. The molecule has 0 saturated carbocycles. The number of amides is 1. The highest BCUT2D eigenvalue weighted by atomic mass is 16.7. The Labute approximate surface area is 210 Å².